The lowest BCUT2D eigenvalue weighted by Gasteiger charge is -2.10. The van der Waals surface area contributed by atoms with Gasteiger partial charge >= 0.3 is 5.97 Å². The highest BCUT2D eigenvalue weighted by molar-refractivity contribution is 7.90. The molecule has 146 valence electrons. The maximum atomic E-state index is 14.2. The van der Waals surface area contributed by atoms with Crippen LogP contribution in [0.3, 0.4) is 0 Å². The second-order valence-electron chi connectivity index (χ2n) is 5.48. The van der Waals surface area contributed by atoms with Gasteiger partial charge in [0.15, 0.2) is 15.5 Å². The van der Waals surface area contributed by atoms with Gasteiger partial charge in [-0.15, -0.1) is 0 Å². The number of halogens is 1. The van der Waals surface area contributed by atoms with Gasteiger partial charge < -0.3 is 15.6 Å². The Morgan fingerprint density at radius 1 is 1.18 bits per heavy atom. The van der Waals surface area contributed by atoms with Gasteiger partial charge in [-0.05, 0) is 36.4 Å². The third-order valence-electron chi connectivity index (χ3n) is 3.39. The predicted octanol–water partition coefficient (Wildman–Crippen LogP) is 0.684. The molecule has 0 bridgehead atoms. The zero-order chi connectivity index (χ0) is 20.9. The van der Waals surface area contributed by atoms with Crippen LogP contribution in [0.15, 0.2) is 58.9 Å². The van der Waals surface area contributed by atoms with Crippen molar-refractivity contribution in [2.45, 2.75) is 4.90 Å². The number of carbonyl (C=O) groups is 1. The third-order valence-corrected chi connectivity index (χ3v) is 4.52. The Labute approximate surface area is 160 Å². The van der Waals surface area contributed by atoms with Gasteiger partial charge in [-0.3, -0.25) is 5.43 Å². The second-order valence-corrected chi connectivity index (χ2v) is 7.50. The summed E-state index contributed by atoms with van der Waals surface area (Å²) in [6.07, 6.45) is 1.09. The maximum absolute atomic E-state index is 14.2. The molecule has 0 atom stereocenters. The van der Waals surface area contributed by atoms with E-state index < -0.39 is 33.2 Å². The summed E-state index contributed by atoms with van der Waals surface area (Å²) in [5.41, 5.74) is 7.16. The highest BCUT2D eigenvalue weighted by atomic mass is 32.2. The summed E-state index contributed by atoms with van der Waals surface area (Å²) >= 11 is 0. The molecule has 2 rings (SSSR count). The van der Waals surface area contributed by atoms with Gasteiger partial charge in [0, 0.05) is 17.9 Å². The fourth-order valence-electron chi connectivity index (χ4n) is 1.96. The van der Waals surface area contributed by atoms with E-state index in [1.165, 1.54) is 36.4 Å². The third kappa shape index (κ3) is 5.23. The second kappa shape index (κ2) is 8.43. The number of sulfone groups is 1. The van der Waals surface area contributed by atoms with Crippen LogP contribution in [-0.4, -0.2) is 25.7 Å². The molecule has 0 spiro atoms. The molecule has 8 nitrogen and oxygen atoms in total. The highest BCUT2D eigenvalue weighted by Crippen LogP contribution is 2.18. The summed E-state index contributed by atoms with van der Waals surface area (Å²) in [5, 5.41) is 8.82. The number of benzene rings is 2. The van der Waals surface area contributed by atoms with Crippen molar-refractivity contribution in [2.24, 2.45) is 11.6 Å². The minimum absolute atomic E-state index is 0.0438. The fourth-order valence-corrected chi connectivity index (χ4v) is 2.59. The topological polar surface area (TPSA) is 145 Å². The van der Waals surface area contributed by atoms with Gasteiger partial charge in [0.2, 0.25) is 5.88 Å². The van der Waals surface area contributed by atoms with Crippen LogP contribution in [0, 0.1) is 17.7 Å². The van der Waals surface area contributed by atoms with E-state index in [1.54, 1.807) is 0 Å². The first kappa shape index (κ1) is 20.8. The van der Waals surface area contributed by atoms with E-state index >= 15 is 0 Å². The number of ether oxygens (including phenoxy) is 1. The van der Waals surface area contributed by atoms with Crippen molar-refractivity contribution in [1.82, 2.24) is 5.43 Å². The molecule has 0 aliphatic heterocycles. The van der Waals surface area contributed by atoms with Crippen LogP contribution in [0.25, 0.3) is 0 Å². The van der Waals surface area contributed by atoms with E-state index in [9.17, 15) is 17.6 Å². The molecule has 6 N–H and O–H groups in total. The zero-order valence-electron chi connectivity index (χ0n) is 14.6. The number of nitrogens with one attached hydrogen (secondary N) is 1. The SMILES string of the molecule is CS(=O)(=O)c1ccc(C#Cc2ccc(O/C(NN)=C(/N)C(=O)O)cc2F)cc1. The molecular formula is C18H16FN3O5S. The van der Waals surface area contributed by atoms with E-state index in [0.717, 1.165) is 12.3 Å². The molecule has 2 aromatic carbocycles. The monoisotopic (exact) mass is 405 g/mol. The molecule has 10 heteroatoms. The molecule has 0 fully saturated rings. The number of rotatable bonds is 5. The summed E-state index contributed by atoms with van der Waals surface area (Å²) < 4.78 is 42.2. The van der Waals surface area contributed by atoms with Gasteiger partial charge in [0.25, 0.3) is 0 Å². The van der Waals surface area contributed by atoms with E-state index in [2.05, 4.69) is 11.8 Å². The molecule has 0 aliphatic carbocycles. The first-order valence-corrected chi connectivity index (χ1v) is 9.50. The van der Waals surface area contributed by atoms with Crippen molar-refractivity contribution in [1.29, 1.82) is 0 Å². The van der Waals surface area contributed by atoms with Crippen LogP contribution in [0.4, 0.5) is 4.39 Å². The number of nitrogens with two attached hydrogens (primary N) is 2. The van der Waals surface area contributed by atoms with Crippen LogP contribution in [0.5, 0.6) is 5.75 Å². The van der Waals surface area contributed by atoms with Crippen molar-refractivity contribution < 1.29 is 27.4 Å². The van der Waals surface area contributed by atoms with Gasteiger partial charge in [-0.25, -0.2) is 23.4 Å². The normalized spacial score (nSPS) is 11.7. The molecule has 28 heavy (non-hydrogen) atoms. The van der Waals surface area contributed by atoms with Gasteiger partial charge in [0.1, 0.15) is 11.6 Å². The van der Waals surface area contributed by atoms with E-state index in [-0.39, 0.29) is 16.2 Å². The van der Waals surface area contributed by atoms with Crippen LogP contribution >= 0.6 is 0 Å². The first-order chi connectivity index (χ1) is 13.1. The summed E-state index contributed by atoms with van der Waals surface area (Å²) in [4.78, 5) is 11.0. The molecule has 0 aromatic heterocycles. The lowest BCUT2D eigenvalue weighted by atomic mass is 10.1. The van der Waals surface area contributed by atoms with Crippen molar-refractivity contribution in [3.05, 3.63) is 71.0 Å². The lowest BCUT2D eigenvalue weighted by Crippen LogP contribution is -2.31. The molecule has 0 unspecified atom stereocenters. The molecule has 0 radical (unpaired) electrons. The van der Waals surface area contributed by atoms with Crippen LogP contribution in [0.2, 0.25) is 0 Å². The number of aliphatic carboxylic acids is 1. The predicted molar refractivity (Wildman–Crippen MR) is 98.7 cm³/mol. The number of carboxylic acids is 1. The van der Waals surface area contributed by atoms with Crippen molar-refractivity contribution in [3.8, 4) is 17.6 Å². The number of hydrogen-bond donors (Lipinski definition) is 4. The van der Waals surface area contributed by atoms with Gasteiger partial charge in [0.05, 0.1) is 10.5 Å². The summed E-state index contributed by atoms with van der Waals surface area (Å²) in [6, 6.07) is 9.51. The van der Waals surface area contributed by atoms with Crippen molar-refractivity contribution in [2.75, 3.05) is 6.26 Å². The number of hydrogen-bond acceptors (Lipinski definition) is 7. The Balaban J connectivity index is 2.23. The molecular weight excluding hydrogens is 389 g/mol. The first-order valence-electron chi connectivity index (χ1n) is 7.61. The zero-order valence-corrected chi connectivity index (χ0v) is 15.4. The van der Waals surface area contributed by atoms with Gasteiger partial charge in [-0.1, -0.05) is 11.8 Å². The minimum atomic E-state index is -3.31. The number of hydrazine groups is 1. The average molecular weight is 405 g/mol. The Kier molecular flexibility index (Phi) is 6.25. The van der Waals surface area contributed by atoms with Crippen LogP contribution < -0.4 is 21.7 Å². The molecule has 0 heterocycles. The van der Waals surface area contributed by atoms with Gasteiger partial charge in [-0.2, -0.15) is 0 Å². The number of carboxylic acid groups (broad SMARTS) is 1. The standard InChI is InChI=1S/C18H16FN3O5S/c1-28(25,26)14-8-3-11(4-9-14)2-5-12-6-7-13(10-15(12)19)27-17(22-21)16(20)18(23)24/h3-4,6-10,22H,20-21H2,1H3,(H,23,24)/b17-16+. The Hall–Kier alpha value is -3.55. The quantitative estimate of drug-likeness (QED) is 0.187. The smallest absolute Gasteiger partial charge is 0.357 e. The lowest BCUT2D eigenvalue weighted by molar-refractivity contribution is -0.132. The summed E-state index contributed by atoms with van der Waals surface area (Å²) in [5.74, 6) is 7.82. The minimum Gasteiger partial charge on any atom is -0.476 e. The molecule has 0 saturated heterocycles. The van der Waals surface area contributed by atoms with E-state index in [1.807, 2.05) is 5.43 Å². The van der Waals surface area contributed by atoms with E-state index in [4.69, 9.17) is 21.4 Å². The van der Waals surface area contributed by atoms with Crippen molar-refractivity contribution in [3.63, 3.8) is 0 Å². The fraction of sp³-hybridized carbons (Fsp3) is 0.0556. The molecule has 0 amide bonds. The Morgan fingerprint density at radius 3 is 2.32 bits per heavy atom. The van der Waals surface area contributed by atoms with Crippen LogP contribution in [-0.2, 0) is 14.6 Å². The van der Waals surface area contributed by atoms with Crippen molar-refractivity contribution >= 4 is 15.8 Å². The Bertz CT molecular complexity index is 1100. The van der Waals surface area contributed by atoms with Crippen LogP contribution in [0.1, 0.15) is 11.1 Å². The largest absolute Gasteiger partial charge is 0.476 e. The molecule has 0 aliphatic rings. The average Bonchev–Trinajstić information content (AvgIpc) is 2.64. The molecule has 2 aromatic rings. The Morgan fingerprint density at radius 2 is 1.82 bits per heavy atom. The maximum Gasteiger partial charge on any atom is 0.357 e. The summed E-state index contributed by atoms with van der Waals surface area (Å²) in [7, 11) is -3.31. The highest BCUT2D eigenvalue weighted by Gasteiger charge is 2.13. The summed E-state index contributed by atoms with van der Waals surface area (Å²) in [6.45, 7) is 0. The molecule has 0 saturated carbocycles. The van der Waals surface area contributed by atoms with E-state index in [0.29, 0.717) is 5.56 Å².